The molecule has 2 rings (SSSR count). The van der Waals surface area contributed by atoms with Crippen molar-refractivity contribution in [1.82, 2.24) is 0 Å². The highest BCUT2D eigenvalue weighted by molar-refractivity contribution is 9.10. The van der Waals surface area contributed by atoms with Crippen LogP contribution in [0.25, 0.3) is 10.9 Å². The van der Waals surface area contributed by atoms with E-state index in [1.165, 1.54) is 29.9 Å². The van der Waals surface area contributed by atoms with Crippen LogP contribution in [-0.2, 0) is 22.0 Å². The lowest BCUT2D eigenvalue weighted by Gasteiger charge is -2.09. The molecule has 0 spiro atoms. The highest BCUT2D eigenvalue weighted by Crippen LogP contribution is 2.39. The van der Waals surface area contributed by atoms with Gasteiger partial charge in [0.25, 0.3) is 0 Å². The number of carboxylic acid groups (broad SMARTS) is 1. The fourth-order valence-corrected chi connectivity index (χ4v) is 2.95. The number of phenolic OH excluding ortho intramolecular Hbond substituents is 1. The van der Waals surface area contributed by atoms with Crippen molar-refractivity contribution in [2.24, 2.45) is 7.05 Å². The molecule has 0 radical (unpaired) electrons. The van der Waals surface area contributed by atoms with Gasteiger partial charge in [-0.2, -0.15) is 13.0 Å². The number of nitrogens with zero attached hydrogens (tertiary/aromatic N) is 1. The molecule has 0 atom stereocenters. The number of phenols is 1. The fourth-order valence-electron chi connectivity index (χ4n) is 1.88. The van der Waals surface area contributed by atoms with Gasteiger partial charge in [0.2, 0.25) is 5.52 Å². The predicted octanol–water partition coefficient (Wildman–Crippen LogP) is 0.842. The van der Waals surface area contributed by atoms with Crippen LogP contribution in [0, 0.1) is 0 Å². The summed E-state index contributed by atoms with van der Waals surface area (Å²) in [4.78, 5) is 10.2. The first-order chi connectivity index (χ1) is 10.1. The number of rotatable bonds is 4. The monoisotopic (exact) mass is 392 g/mol. The molecule has 0 fully saturated rings. The molecule has 0 saturated carbocycles. The molecule has 2 aromatic rings. The summed E-state index contributed by atoms with van der Waals surface area (Å²) in [5, 5.41) is 18.9. The van der Waals surface area contributed by atoms with E-state index < -0.39 is 22.7 Å². The van der Waals surface area contributed by atoms with Gasteiger partial charge in [-0.05, 0) is 22.0 Å². The van der Waals surface area contributed by atoms with Gasteiger partial charge < -0.3 is 14.9 Å². The molecule has 0 bridgehead atoms. The van der Waals surface area contributed by atoms with Gasteiger partial charge in [0, 0.05) is 0 Å². The quantitative estimate of drug-likeness (QED) is 0.519. The molecule has 22 heavy (non-hydrogen) atoms. The highest BCUT2D eigenvalue weighted by atomic mass is 79.9. The second-order valence-corrected chi connectivity index (χ2v) is 6.63. The van der Waals surface area contributed by atoms with E-state index in [0.29, 0.717) is 10.9 Å². The molecule has 118 valence electrons. The number of aromatic hydroxyl groups is 1. The molecule has 1 heterocycles. The minimum atomic E-state index is -4.41. The largest absolute Gasteiger partial charge is 0.503 e. The van der Waals surface area contributed by atoms with Crippen molar-refractivity contribution in [3.63, 3.8) is 0 Å². The van der Waals surface area contributed by atoms with E-state index in [1.807, 2.05) is 0 Å². The topological polar surface area (TPSA) is 125 Å². The zero-order chi connectivity index (χ0) is 16.7. The van der Waals surface area contributed by atoms with Crippen molar-refractivity contribution in [2.45, 2.75) is 4.90 Å². The number of hydrogen-bond donors (Lipinski definition) is 3. The van der Waals surface area contributed by atoms with E-state index in [9.17, 15) is 18.3 Å². The Bertz CT molecular complexity index is 879. The molecular formula is C12H11BrNO7S+. The van der Waals surface area contributed by atoms with Gasteiger partial charge in [-0.1, -0.05) is 0 Å². The van der Waals surface area contributed by atoms with Crippen molar-refractivity contribution in [3.8, 4) is 11.5 Å². The summed E-state index contributed by atoms with van der Waals surface area (Å²) in [7, 11) is -2.88. The second kappa shape index (κ2) is 5.71. The third-order valence-electron chi connectivity index (χ3n) is 2.86. The van der Waals surface area contributed by atoms with E-state index >= 15 is 0 Å². The molecule has 0 aliphatic rings. The van der Waals surface area contributed by atoms with E-state index in [4.69, 9.17) is 14.4 Å². The molecule has 3 N–H and O–H groups in total. The highest BCUT2D eigenvalue weighted by Gasteiger charge is 2.22. The van der Waals surface area contributed by atoms with E-state index in [1.54, 1.807) is 0 Å². The Morgan fingerprint density at radius 3 is 2.59 bits per heavy atom. The normalized spacial score (nSPS) is 11.6. The van der Waals surface area contributed by atoms with E-state index in [-0.39, 0.29) is 20.9 Å². The van der Waals surface area contributed by atoms with Crippen molar-refractivity contribution in [1.29, 1.82) is 0 Å². The smallest absolute Gasteiger partial charge is 0.341 e. The maximum Gasteiger partial charge on any atom is 0.341 e. The third-order valence-corrected chi connectivity index (χ3v) is 4.48. The molecule has 8 nitrogen and oxygen atoms in total. The summed E-state index contributed by atoms with van der Waals surface area (Å²) in [6, 6.07) is 2.54. The Hall–Kier alpha value is -1.91. The summed E-state index contributed by atoms with van der Waals surface area (Å²) >= 11 is 3.11. The number of carboxylic acids is 1. The first kappa shape index (κ1) is 16.5. The van der Waals surface area contributed by atoms with Crippen LogP contribution in [0.15, 0.2) is 27.7 Å². The lowest BCUT2D eigenvalue weighted by Crippen LogP contribution is -2.30. The van der Waals surface area contributed by atoms with Crippen LogP contribution in [0.4, 0.5) is 0 Å². The molecule has 1 aromatic heterocycles. The zero-order valence-electron chi connectivity index (χ0n) is 11.1. The van der Waals surface area contributed by atoms with Gasteiger partial charge in [-0.25, -0.2) is 4.79 Å². The summed E-state index contributed by atoms with van der Waals surface area (Å²) in [5.41, 5.74) is 0.456. The molecule has 0 aliphatic carbocycles. The maximum atomic E-state index is 11.2. The standard InChI is InChI=1S/C12H10BrNO7S/c1-14-4-6(22(18,19)20)2-7-8(14)3-9(12(17)11(7)13)21-5-10(15)16/h2-4H,5H2,1H3,(H2-,15,16,17,18,19,20)/p+1. The van der Waals surface area contributed by atoms with Gasteiger partial charge in [-0.3, -0.25) is 4.55 Å². The minimum absolute atomic E-state index is 0.0722. The average molecular weight is 393 g/mol. The van der Waals surface area contributed by atoms with E-state index in [2.05, 4.69) is 15.9 Å². The number of hydrogen-bond acceptors (Lipinski definition) is 5. The SMILES string of the molecule is C[n+]1cc(S(=O)(=O)O)cc2c(Br)c(O)c(OCC(=O)O)cc21. The number of fused-ring (bicyclic) bond motifs is 1. The van der Waals surface area contributed by atoms with Crippen molar-refractivity contribution in [2.75, 3.05) is 6.61 Å². The lowest BCUT2D eigenvalue weighted by atomic mass is 10.2. The Morgan fingerprint density at radius 1 is 1.41 bits per heavy atom. The number of carbonyl (C=O) groups is 1. The zero-order valence-corrected chi connectivity index (χ0v) is 13.5. The third kappa shape index (κ3) is 3.13. The van der Waals surface area contributed by atoms with Gasteiger partial charge in [0.15, 0.2) is 29.2 Å². The van der Waals surface area contributed by atoms with E-state index in [0.717, 1.165) is 0 Å². The fraction of sp³-hybridized carbons (Fsp3) is 0.167. The number of aromatic nitrogens is 1. The van der Waals surface area contributed by atoms with Crippen molar-refractivity contribution < 1.29 is 37.3 Å². The van der Waals surface area contributed by atoms with Crippen LogP contribution < -0.4 is 9.30 Å². The average Bonchev–Trinajstić information content (AvgIpc) is 2.40. The van der Waals surface area contributed by atoms with Crippen LogP contribution >= 0.6 is 15.9 Å². The first-order valence-corrected chi connectivity index (χ1v) is 8.01. The van der Waals surface area contributed by atoms with Gasteiger partial charge in [0.1, 0.15) is 7.05 Å². The molecule has 0 unspecified atom stereocenters. The second-order valence-electron chi connectivity index (χ2n) is 4.41. The van der Waals surface area contributed by atoms with Crippen LogP contribution in [0.5, 0.6) is 11.5 Å². The number of pyridine rings is 1. The van der Waals surface area contributed by atoms with Crippen LogP contribution in [0.3, 0.4) is 0 Å². The molecule has 0 aliphatic heterocycles. The summed E-state index contributed by atoms with van der Waals surface area (Å²) in [5.74, 6) is -1.65. The Labute approximate surface area is 133 Å². The molecule has 10 heteroatoms. The summed E-state index contributed by atoms with van der Waals surface area (Å²) in [6.07, 6.45) is 1.18. The molecule has 0 amide bonds. The lowest BCUT2D eigenvalue weighted by molar-refractivity contribution is -0.646. The van der Waals surface area contributed by atoms with Crippen LogP contribution in [-0.4, -0.2) is 35.8 Å². The number of aliphatic carboxylic acids is 1. The van der Waals surface area contributed by atoms with Crippen LogP contribution in [0.1, 0.15) is 0 Å². The van der Waals surface area contributed by atoms with Gasteiger partial charge in [-0.15, -0.1) is 0 Å². The van der Waals surface area contributed by atoms with Gasteiger partial charge in [0.05, 0.1) is 15.9 Å². The Morgan fingerprint density at radius 2 is 2.05 bits per heavy atom. The predicted molar refractivity (Wildman–Crippen MR) is 77.4 cm³/mol. The number of aryl methyl sites for hydroxylation is 1. The number of benzene rings is 1. The summed E-state index contributed by atoms with van der Waals surface area (Å²) < 4.78 is 38.1. The van der Waals surface area contributed by atoms with Gasteiger partial charge >= 0.3 is 16.1 Å². The van der Waals surface area contributed by atoms with Crippen molar-refractivity contribution >= 4 is 42.9 Å². The van der Waals surface area contributed by atoms with Crippen LogP contribution in [0.2, 0.25) is 0 Å². The Balaban J connectivity index is 2.71. The minimum Gasteiger partial charge on any atom is -0.503 e. The molecule has 0 saturated heterocycles. The first-order valence-electron chi connectivity index (χ1n) is 5.78. The molecule has 1 aromatic carbocycles. The number of halogens is 1. The number of ether oxygens (including phenoxy) is 1. The summed E-state index contributed by atoms with van der Waals surface area (Å²) in [6.45, 7) is -0.641. The maximum absolute atomic E-state index is 11.2. The van der Waals surface area contributed by atoms with Crippen molar-refractivity contribution in [3.05, 3.63) is 22.8 Å². The Kier molecular flexibility index (Phi) is 4.27. The molecular weight excluding hydrogens is 382 g/mol.